The predicted octanol–water partition coefficient (Wildman–Crippen LogP) is 5.26. The maximum Gasteiger partial charge on any atom is 0.157 e. The lowest BCUT2D eigenvalue weighted by molar-refractivity contribution is 0.403. The molecule has 0 aliphatic carbocycles. The smallest absolute Gasteiger partial charge is 0.157 e. The number of aromatic hydroxyl groups is 8. The van der Waals surface area contributed by atoms with Crippen LogP contribution < -0.4 is 0 Å². The molecule has 5 rings (SSSR count). The van der Waals surface area contributed by atoms with Gasteiger partial charge >= 0.3 is 0 Å². The Kier molecular flexibility index (Phi) is 6.45. The molecule has 5 aromatic rings. The third-order valence-electron chi connectivity index (χ3n) is 6.79. The van der Waals surface area contributed by atoms with Crippen LogP contribution in [0.2, 0.25) is 0 Å². The van der Waals surface area contributed by atoms with Crippen LogP contribution >= 0.6 is 0 Å². The summed E-state index contributed by atoms with van der Waals surface area (Å²) in [5.74, 6) is -1.67. The Morgan fingerprint density at radius 2 is 0.821 bits per heavy atom. The Hall–Kier alpha value is -5.24. The van der Waals surface area contributed by atoms with Crippen molar-refractivity contribution >= 4 is 10.8 Å². The van der Waals surface area contributed by atoms with Crippen LogP contribution in [-0.4, -0.2) is 40.9 Å². The lowest BCUT2D eigenvalue weighted by Gasteiger charge is -2.17. The van der Waals surface area contributed by atoms with Crippen LogP contribution in [0.25, 0.3) is 10.8 Å². The van der Waals surface area contributed by atoms with Crippen molar-refractivity contribution in [3.63, 3.8) is 0 Å². The highest BCUT2D eigenvalue weighted by molar-refractivity contribution is 5.91. The van der Waals surface area contributed by atoms with Gasteiger partial charge in [-0.2, -0.15) is 0 Å². The highest BCUT2D eigenvalue weighted by Gasteiger charge is 2.18. The second-order valence-corrected chi connectivity index (χ2v) is 9.56. The van der Waals surface area contributed by atoms with E-state index in [0.29, 0.717) is 44.2 Å². The van der Waals surface area contributed by atoms with Crippen molar-refractivity contribution in [3.05, 3.63) is 106 Å². The summed E-state index contributed by atoms with van der Waals surface area (Å²) in [5, 5.41) is 82.3. The van der Waals surface area contributed by atoms with E-state index in [-0.39, 0.29) is 65.3 Å². The van der Waals surface area contributed by atoms with Crippen LogP contribution in [0.15, 0.2) is 72.8 Å². The zero-order chi connectivity index (χ0) is 27.8. The lowest BCUT2D eigenvalue weighted by Crippen LogP contribution is -1.98. The normalized spacial score (nSPS) is 11.2. The van der Waals surface area contributed by atoms with Gasteiger partial charge in [0, 0.05) is 24.8 Å². The Balaban J connectivity index is 1.64. The van der Waals surface area contributed by atoms with Crippen molar-refractivity contribution in [2.24, 2.45) is 0 Å². The molecular formula is C31H26O8. The highest BCUT2D eigenvalue weighted by atomic mass is 16.3. The summed E-state index contributed by atoms with van der Waals surface area (Å²) in [6, 6.07) is 18.3. The standard InChI is InChI=1S/C31H26O8/c32-24-4-1-16(10-28(24)36)7-20-13-19-14-21(8-17-2-5-25(33)29(37)11-17)31(39)23(22(19)15-27(20)35)9-18-3-6-26(34)30(38)12-18/h1-6,10-15,32-39H,7-9H2. The van der Waals surface area contributed by atoms with E-state index < -0.39 is 0 Å². The monoisotopic (exact) mass is 526 g/mol. The molecule has 0 aliphatic rings. The number of hydrogen-bond donors (Lipinski definition) is 8. The van der Waals surface area contributed by atoms with Crippen LogP contribution in [0.1, 0.15) is 33.4 Å². The fourth-order valence-corrected chi connectivity index (χ4v) is 4.75. The second-order valence-electron chi connectivity index (χ2n) is 9.56. The van der Waals surface area contributed by atoms with Gasteiger partial charge in [0.25, 0.3) is 0 Å². The summed E-state index contributed by atoms with van der Waals surface area (Å²) in [4.78, 5) is 0. The maximum atomic E-state index is 11.4. The van der Waals surface area contributed by atoms with Gasteiger partial charge in [-0.15, -0.1) is 0 Å². The largest absolute Gasteiger partial charge is 0.508 e. The molecule has 39 heavy (non-hydrogen) atoms. The molecule has 8 nitrogen and oxygen atoms in total. The molecule has 8 heteroatoms. The summed E-state index contributed by atoms with van der Waals surface area (Å²) in [6.45, 7) is 0. The van der Waals surface area contributed by atoms with Gasteiger partial charge < -0.3 is 40.9 Å². The molecule has 0 atom stereocenters. The van der Waals surface area contributed by atoms with E-state index in [1.54, 1.807) is 36.4 Å². The van der Waals surface area contributed by atoms with E-state index in [2.05, 4.69) is 0 Å². The van der Waals surface area contributed by atoms with E-state index in [1.165, 1.54) is 36.4 Å². The third kappa shape index (κ3) is 5.13. The van der Waals surface area contributed by atoms with Crippen molar-refractivity contribution < 1.29 is 40.9 Å². The number of phenolic OH excluding ortho intramolecular Hbond substituents is 8. The summed E-state index contributed by atoms with van der Waals surface area (Å²) < 4.78 is 0. The first-order valence-electron chi connectivity index (χ1n) is 12.1. The number of phenols is 8. The van der Waals surface area contributed by atoms with E-state index in [9.17, 15) is 40.9 Å². The van der Waals surface area contributed by atoms with Gasteiger partial charge in [0.15, 0.2) is 34.5 Å². The minimum atomic E-state index is -0.297. The molecule has 198 valence electrons. The molecular weight excluding hydrogens is 500 g/mol. The zero-order valence-electron chi connectivity index (χ0n) is 20.6. The Bertz CT molecular complexity index is 1720. The maximum absolute atomic E-state index is 11.4. The van der Waals surface area contributed by atoms with Crippen molar-refractivity contribution in [2.75, 3.05) is 0 Å². The van der Waals surface area contributed by atoms with Crippen molar-refractivity contribution in [2.45, 2.75) is 19.3 Å². The third-order valence-corrected chi connectivity index (χ3v) is 6.79. The van der Waals surface area contributed by atoms with Crippen LogP contribution in [0, 0.1) is 0 Å². The van der Waals surface area contributed by atoms with Crippen LogP contribution in [-0.2, 0) is 19.3 Å². The highest BCUT2D eigenvalue weighted by Crippen LogP contribution is 2.39. The molecule has 0 saturated carbocycles. The molecule has 0 bridgehead atoms. The lowest BCUT2D eigenvalue weighted by atomic mass is 9.90. The van der Waals surface area contributed by atoms with Gasteiger partial charge in [0.1, 0.15) is 11.5 Å². The van der Waals surface area contributed by atoms with Gasteiger partial charge in [-0.25, -0.2) is 0 Å². The number of fused-ring (bicyclic) bond motifs is 1. The molecule has 0 fully saturated rings. The van der Waals surface area contributed by atoms with E-state index in [1.807, 2.05) is 0 Å². The van der Waals surface area contributed by atoms with Gasteiger partial charge in [0.2, 0.25) is 0 Å². The average Bonchev–Trinajstić information content (AvgIpc) is 2.89. The van der Waals surface area contributed by atoms with Crippen molar-refractivity contribution in [1.82, 2.24) is 0 Å². The number of hydrogen-bond acceptors (Lipinski definition) is 8. The van der Waals surface area contributed by atoms with Crippen LogP contribution in [0.5, 0.6) is 46.0 Å². The average molecular weight is 527 g/mol. The van der Waals surface area contributed by atoms with E-state index in [4.69, 9.17) is 0 Å². The summed E-state index contributed by atoms with van der Waals surface area (Å²) in [6.07, 6.45) is 0.666. The first kappa shape index (κ1) is 25.4. The predicted molar refractivity (Wildman–Crippen MR) is 145 cm³/mol. The molecule has 0 unspecified atom stereocenters. The number of rotatable bonds is 6. The molecule has 0 aliphatic heterocycles. The fourth-order valence-electron chi connectivity index (χ4n) is 4.75. The molecule has 0 saturated heterocycles. The van der Waals surface area contributed by atoms with Gasteiger partial charge in [-0.3, -0.25) is 0 Å². The van der Waals surface area contributed by atoms with Gasteiger partial charge in [-0.05, 0) is 93.2 Å². The molecule has 0 spiro atoms. The zero-order valence-corrected chi connectivity index (χ0v) is 20.6. The summed E-state index contributed by atoms with van der Waals surface area (Å²) >= 11 is 0. The van der Waals surface area contributed by atoms with Gasteiger partial charge in [0.05, 0.1) is 0 Å². The fraction of sp³-hybridized carbons (Fsp3) is 0.0968. The molecule has 8 N–H and O–H groups in total. The van der Waals surface area contributed by atoms with Gasteiger partial charge in [-0.1, -0.05) is 18.2 Å². The second kappa shape index (κ2) is 9.90. The topological polar surface area (TPSA) is 162 Å². The molecule has 0 radical (unpaired) electrons. The molecule has 0 aromatic heterocycles. The minimum Gasteiger partial charge on any atom is -0.508 e. The quantitative estimate of drug-likeness (QED) is 0.139. The van der Waals surface area contributed by atoms with Crippen molar-refractivity contribution in [3.8, 4) is 46.0 Å². The molecule has 5 aromatic carbocycles. The summed E-state index contributed by atoms with van der Waals surface area (Å²) in [5.41, 5.74) is 3.50. The first-order chi connectivity index (χ1) is 18.6. The molecule has 0 amide bonds. The SMILES string of the molecule is Oc1ccc(Cc2cc3cc(Cc4ccc(O)c(O)c4)c(O)c(Cc4ccc(O)c(O)c4)c3cc2O)cc1O. The minimum absolute atomic E-state index is 0.0273. The Labute approximate surface area is 223 Å². The Morgan fingerprint density at radius 3 is 1.31 bits per heavy atom. The van der Waals surface area contributed by atoms with Crippen LogP contribution in [0.4, 0.5) is 0 Å². The molecule has 0 heterocycles. The first-order valence-corrected chi connectivity index (χ1v) is 12.1. The van der Waals surface area contributed by atoms with E-state index in [0.717, 1.165) is 0 Å². The van der Waals surface area contributed by atoms with Crippen LogP contribution in [0.3, 0.4) is 0 Å². The Morgan fingerprint density at radius 1 is 0.385 bits per heavy atom. The number of benzene rings is 5. The van der Waals surface area contributed by atoms with Crippen molar-refractivity contribution in [1.29, 1.82) is 0 Å². The van der Waals surface area contributed by atoms with E-state index >= 15 is 0 Å². The summed E-state index contributed by atoms with van der Waals surface area (Å²) in [7, 11) is 0.